The average Bonchev–Trinajstić information content (AvgIpc) is 2.40. The number of nitrogens with one attached hydrogen (secondary N) is 1. The maximum atomic E-state index is 5.61. The zero-order chi connectivity index (χ0) is 14.6. The Kier molecular flexibility index (Phi) is 5.46. The SMILES string of the molecule is CN1CCN(CC2(CNC(C)(C)C)CCOCC2)CC1. The number of rotatable bonds is 4. The topological polar surface area (TPSA) is 27.7 Å². The van der Waals surface area contributed by atoms with Crippen LogP contribution in [-0.2, 0) is 4.74 Å². The molecule has 0 amide bonds. The van der Waals surface area contributed by atoms with Crippen molar-refractivity contribution in [3.05, 3.63) is 0 Å². The summed E-state index contributed by atoms with van der Waals surface area (Å²) in [6, 6.07) is 0. The van der Waals surface area contributed by atoms with Crippen LogP contribution in [0.1, 0.15) is 33.6 Å². The molecule has 4 nitrogen and oxygen atoms in total. The summed E-state index contributed by atoms with van der Waals surface area (Å²) in [5, 5.41) is 3.74. The summed E-state index contributed by atoms with van der Waals surface area (Å²) >= 11 is 0. The van der Waals surface area contributed by atoms with Crippen LogP contribution in [0, 0.1) is 5.41 Å². The number of piperazine rings is 1. The first-order valence-corrected chi connectivity index (χ1v) is 8.12. The second kappa shape index (κ2) is 6.73. The minimum absolute atomic E-state index is 0.202. The lowest BCUT2D eigenvalue weighted by atomic mass is 9.78. The van der Waals surface area contributed by atoms with Crippen molar-refractivity contribution in [3.63, 3.8) is 0 Å². The number of nitrogens with zero attached hydrogens (tertiary/aromatic N) is 2. The van der Waals surface area contributed by atoms with Gasteiger partial charge in [-0.25, -0.2) is 0 Å². The van der Waals surface area contributed by atoms with Gasteiger partial charge in [0.1, 0.15) is 0 Å². The summed E-state index contributed by atoms with van der Waals surface area (Å²) < 4.78 is 5.61. The van der Waals surface area contributed by atoms with Crippen molar-refractivity contribution in [1.29, 1.82) is 0 Å². The molecule has 0 spiro atoms. The summed E-state index contributed by atoms with van der Waals surface area (Å²) in [7, 11) is 2.22. The molecule has 1 N–H and O–H groups in total. The molecule has 0 aromatic heterocycles. The van der Waals surface area contributed by atoms with Crippen LogP contribution in [0.25, 0.3) is 0 Å². The van der Waals surface area contributed by atoms with Gasteiger partial charge in [-0.3, -0.25) is 0 Å². The van der Waals surface area contributed by atoms with Gasteiger partial charge in [0.05, 0.1) is 0 Å². The first-order valence-electron chi connectivity index (χ1n) is 8.12. The van der Waals surface area contributed by atoms with E-state index in [0.29, 0.717) is 5.41 Å². The van der Waals surface area contributed by atoms with E-state index >= 15 is 0 Å². The highest BCUT2D eigenvalue weighted by Gasteiger charge is 2.35. The van der Waals surface area contributed by atoms with Gasteiger partial charge in [0.2, 0.25) is 0 Å². The highest BCUT2D eigenvalue weighted by Crippen LogP contribution is 2.31. The molecule has 20 heavy (non-hydrogen) atoms. The molecular weight excluding hydrogens is 250 g/mol. The van der Waals surface area contributed by atoms with Gasteiger partial charge >= 0.3 is 0 Å². The van der Waals surface area contributed by atoms with Crippen molar-refractivity contribution in [2.24, 2.45) is 5.41 Å². The van der Waals surface area contributed by atoms with Gasteiger partial charge in [-0.15, -0.1) is 0 Å². The standard InChI is InChI=1S/C16H33N3O/c1-15(2,3)17-13-16(5-11-20-12-6-16)14-19-9-7-18(4)8-10-19/h17H,5-14H2,1-4H3. The highest BCUT2D eigenvalue weighted by atomic mass is 16.5. The van der Waals surface area contributed by atoms with Crippen molar-refractivity contribution in [2.45, 2.75) is 39.2 Å². The van der Waals surface area contributed by atoms with Crippen molar-refractivity contribution >= 4 is 0 Å². The molecule has 2 heterocycles. The Labute approximate surface area is 124 Å². The van der Waals surface area contributed by atoms with Crippen LogP contribution in [-0.4, -0.2) is 74.9 Å². The van der Waals surface area contributed by atoms with Crippen LogP contribution in [0.5, 0.6) is 0 Å². The van der Waals surface area contributed by atoms with Gasteiger partial charge in [0.25, 0.3) is 0 Å². The third-order valence-electron chi connectivity index (χ3n) is 4.70. The highest BCUT2D eigenvalue weighted by molar-refractivity contribution is 4.90. The normalized spacial score (nSPS) is 25.8. The fourth-order valence-electron chi connectivity index (χ4n) is 3.13. The predicted octanol–water partition coefficient (Wildman–Crippen LogP) is 1.42. The number of ether oxygens (including phenoxy) is 1. The lowest BCUT2D eigenvalue weighted by Gasteiger charge is -2.44. The maximum Gasteiger partial charge on any atom is 0.0472 e. The third-order valence-corrected chi connectivity index (χ3v) is 4.70. The molecule has 2 aliphatic heterocycles. The number of likely N-dealkylation sites (N-methyl/N-ethyl adjacent to an activating group) is 1. The van der Waals surface area contributed by atoms with Crippen LogP contribution in [0.3, 0.4) is 0 Å². The van der Waals surface area contributed by atoms with Crippen LogP contribution in [0.2, 0.25) is 0 Å². The molecule has 0 aromatic carbocycles. The van der Waals surface area contributed by atoms with E-state index < -0.39 is 0 Å². The van der Waals surface area contributed by atoms with Gasteiger partial charge < -0.3 is 19.9 Å². The van der Waals surface area contributed by atoms with E-state index in [1.165, 1.54) is 45.6 Å². The minimum atomic E-state index is 0.202. The van der Waals surface area contributed by atoms with Crippen molar-refractivity contribution in [1.82, 2.24) is 15.1 Å². The van der Waals surface area contributed by atoms with E-state index in [2.05, 4.69) is 42.9 Å². The summed E-state index contributed by atoms with van der Waals surface area (Å²) in [5.74, 6) is 0. The van der Waals surface area contributed by atoms with Crippen LogP contribution < -0.4 is 5.32 Å². The molecule has 0 atom stereocenters. The Balaban J connectivity index is 1.92. The Morgan fingerprint density at radius 1 is 1.05 bits per heavy atom. The molecule has 0 aliphatic carbocycles. The smallest absolute Gasteiger partial charge is 0.0472 e. The van der Waals surface area contributed by atoms with E-state index in [-0.39, 0.29) is 5.54 Å². The second-order valence-electron chi connectivity index (χ2n) is 7.80. The van der Waals surface area contributed by atoms with Crippen LogP contribution in [0.15, 0.2) is 0 Å². The molecular formula is C16H33N3O. The molecule has 0 saturated carbocycles. The lowest BCUT2D eigenvalue weighted by molar-refractivity contribution is -0.0135. The van der Waals surface area contributed by atoms with E-state index in [4.69, 9.17) is 4.74 Å². The van der Waals surface area contributed by atoms with E-state index in [0.717, 1.165) is 19.8 Å². The maximum absolute atomic E-state index is 5.61. The first-order chi connectivity index (χ1) is 9.39. The molecule has 2 fully saturated rings. The summed E-state index contributed by atoms with van der Waals surface area (Å²) in [6.07, 6.45) is 2.39. The minimum Gasteiger partial charge on any atom is -0.381 e. The van der Waals surface area contributed by atoms with Gasteiger partial charge in [0, 0.05) is 58.0 Å². The lowest BCUT2D eigenvalue weighted by Crippen LogP contribution is -2.54. The van der Waals surface area contributed by atoms with Crippen LogP contribution >= 0.6 is 0 Å². The Hall–Kier alpha value is -0.160. The predicted molar refractivity (Wildman–Crippen MR) is 84.2 cm³/mol. The molecule has 0 bridgehead atoms. The summed E-state index contributed by atoms with van der Waals surface area (Å²) in [4.78, 5) is 5.09. The number of hydrogen-bond acceptors (Lipinski definition) is 4. The molecule has 2 saturated heterocycles. The van der Waals surface area contributed by atoms with E-state index in [1.807, 2.05) is 0 Å². The molecule has 4 heteroatoms. The van der Waals surface area contributed by atoms with E-state index in [9.17, 15) is 0 Å². The van der Waals surface area contributed by atoms with Crippen LogP contribution in [0.4, 0.5) is 0 Å². The fraction of sp³-hybridized carbons (Fsp3) is 1.00. The molecule has 118 valence electrons. The van der Waals surface area contributed by atoms with Crippen molar-refractivity contribution in [2.75, 3.05) is 59.5 Å². The molecule has 0 aromatic rings. The average molecular weight is 283 g/mol. The Morgan fingerprint density at radius 2 is 1.65 bits per heavy atom. The van der Waals surface area contributed by atoms with Gasteiger partial charge in [-0.2, -0.15) is 0 Å². The third kappa shape index (κ3) is 4.99. The van der Waals surface area contributed by atoms with Crippen molar-refractivity contribution < 1.29 is 4.74 Å². The quantitative estimate of drug-likeness (QED) is 0.844. The molecule has 2 aliphatic rings. The van der Waals surface area contributed by atoms with Gasteiger partial charge in [0.15, 0.2) is 0 Å². The van der Waals surface area contributed by atoms with Crippen molar-refractivity contribution in [3.8, 4) is 0 Å². The zero-order valence-corrected chi connectivity index (χ0v) is 13.9. The summed E-state index contributed by atoms with van der Waals surface area (Å²) in [5.41, 5.74) is 0.606. The molecule has 2 rings (SSSR count). The zero-order valence-electron chi connectivity index (χ0n) is 13.9. The van der Waals surface area contributed by atoms with E-state index in [1.54, 1.807) is 0 Å². The fourth-order valence-corrected chi connectivity index (χ4v) is 3.13. The molecule has 0 unspecified atom stereocenters. The van der Waals surface area contributed by atoms with Gasteiger partial charge in [-0.1, -0.05) is 0 Å². The Bertz CT molecular complexity index is 287. The van der Waals surface area contributed by atoms with Gasteiger partial charge in [-0.05, 0) is 46.1 Å². The monoisotopic (exact) mass is 283 g/mol. The largest absolute Gasteiger partial charge is 0.381 e. The summed E-state index contributed by atoms with van der Waals surface area (Å²) in [6.45, 7) is 15.8. The Morgan fingerprint density at radius 3 is 2.20 bits per heavy atom. The number of hydrogen-bond donors (Lipinski definition) is 1. The first kappa shape index (κ1) is 16.2. The molecule has 0 radical (unpaired) electrons. The second-order valence-corrected chi connectivity index (χ2v) is 7.80.